The van der Waals surface area contributed by atoms with Crippen LogP contribution in [0.2, 0.25) is 0 Å². The molecule has 3 N–H and O–H groups in total. The predicted molar refractivity (Wildman–Crippen MR) is 71.6 cm³/mol. The molecule has 0 radical (unpaired) electrons. The van der Waals surface area contributed by atoms with E-state index < -0.39 is 5.97 Å². The van der Waals surface area contributed by atoms with Crippen molar-refractivity contribution in [1.82, 2.24) is 4.98 Å². The number of benzene rings is 1. The summed E-state index contributed by atoms with van der Waals surface area (Å²) in [5.74, 6) is -0.413. The Morgan fingerprint density at radius 2 is 2.39 bits per heavy atom. The number of esters is 1. The van der Waals surface area contributed by atoms with E-state index in [1.807, 2.05) is 5.38 Å². The fourth-order valence-corrected chi connectivity index (χ4v) is 2.11. The summed E-state index contributed by atoms with van der Waals surface area (Å²) in [5, 5.41) is 5.94. The van der Waals surface area contributed by atoms with E-state index in [2.05, 4.69) is 10.3 Å². The summed E-state index contributed by atoms with van der Waals surface area (Å²) in [6.07, 6.45) is 1.73. The lowest BCUT2D eigenvalue weighted by atomic mass is 10.1. The minimum Gasteiger partial charge on any atom is -0.465 e. The van der Waals surface area contributed by atoms with Gasteiger partial charge >= 0.3 is 5.97 Å². The molecule has 0 atom stereocenters. The Bertz CT molecular complexity index is 540. The van der Waals surface area contributed by atoms with Crippen molar-refractivity contribution in [3.05, 3.63) is 40.3 Å². The molecular formula is C12H13N3O2S. The zero-order valence-corrected chi connectivity index (χ0v) is 10.7. The van der Waals surface area contributed by atoms with Crippen LogP contribution in [0.25, 0.3) is 0 Å². The molecule has 0 amide bonds. The van der Waals surface area contributed by atoms with Gasteiger partial charge in [-0.05, 0) is 12.1 Å². The molecule has 0 fully saturated rings. The molecule has 1 heterocycles. The zero-order valence-electron chi connectivity index (χ0n) is 9.84. The number of nitrogens with one attached hydrogen (secondary N) is 1. The standard InChI is InChI=1S/C12H13N3O2S/c1-17-12(16)8-3-2-4-9(13)11(8)15-7-10-14-5-6-18-10/h2-6,15H,7,13H2,1H3. The molecular weight excluding hydrogens is 250 g/mol. The molecule has 6 heteroatoms. The third-order valence-corrected chi connectivity index (χ3v) is 3.18. The van der Waals surface area contributed by atoms with Crippen molar-refractivity contribution < 1.29 is 9.53 Å². The lowest BCUT2D eigenvalue weighted by Gasteiger charge is -2.12. The van der Waals surface area contributed by atoms with Crippen LogP contribution in [0.5, 0.6) is 0 Å². The number of nitrogen functional groups attached to an aromatic ring is 1. The third kappa shape index (κ3) is 2.60. The van der Waals surface area contributed by atoms with Gasteiger partial charge in [-0.25, -0.2) is 9.78 Å². The normalized spacial score (nSPS) is 10.1. The maximum atomic E-state index is 11.6. The summed E-state index contributed by atoms with van der Waals surface area (Å²) >= 11 is 1.54. The number of hydrogen-bond donors (Lipinski definition) is 2. The molecule has 0 aliphatic rings. The van der Waals surface area contributed by atoms with Crippen LogP contribution in [0, 0.1) is 0 Å². The Balaban J connectivity index is 2.22. The number of anilines is 2. The summed E-state index contributed by atoms with van der Waals surface area (Å²) in [4.78, 5) is 15.8. The van der Waals surface area contributed by atoms with Crippen LogP contribution in [0.15, 0.2) is 29.8 Å². The van der Waals surface area contributed by atoms with Crippen LogP contribution in [0.3, 0.4) is 0 Å². The second-order valence-electron chi connectivity index (χ2n) is 3.54. The van der Waals surface area contributed by atoms with Crippen molar-refractivity contribution in [2.45, 2.75) is 6.54 Å². The molecule has 2 aromatic rings. The van der Waals surface area contributed by atoms with Crippen molar-refractivity contribution in [2.75, 3.05) is 18.2 Å². The van der Waals surface area contributed by atoms with Gasteiger partial charge in [-0.15, -0.1) is 11.3 Å². The van der Waals surface area contributed by atoms with Gasteiger partial charge in [-0.1, -0.05) is 6.07 Å². The number of hydrogen-bond acceptors (Lipinski definition) is 6. The highest BCUT2D eigenvalue weighted by molar-refractivity contribution is 7.09. The second-order valence-corrected chi connectivity index (χ2v) is 4.52. The first kappa shape index (κ1) is 12.4. The monoisotopic (exact) mass is 263 g/mol. The van der Waals surface area contributed by atoms with Gasteiger partial charge in [0, 0.05) is 11.6 Å². The Morgan fingerprint density at radius 3 is 3.06 bits per heavy atom. The van der Waals surface area contributed by atoms with Crippen LogP contribution >= 0.6 is 11.3 Å². The van der Waals surface area contributed by atoms with E-state index in [0.29, 0.717) is 23.5 Å². The summed E-state index contributed by atoms with van der Waals surface area (Å²) in [5.41, 5.74) is 7.38. The Kier molecular flexibility index (Phi) is 3.78. The van der Waals surface area contributed by atoms with Gasteiger partial charge in [0.15, 0.2) is 0 Å². The first-order valence-electron chi connectivity index (χ1n) is 5.31. The first-order valence-corrected chi connectivity index (χ1v) is 6.19. The van der Waals surface area contributed by atoms with Crippen molar-refractivity contribution in [2.24, 2.45) is 0 Å². The topological polar surface area (TPSA) is 77.2 Å². The van der Waals surface area contributed by atoms with Crippen molar-refractivity contribution >= 4 is 28.7 Å². The molecule has 0 bridgehead atoms. The number of aromatic nitrogens is 1. The summed E-state index contributed by atoms with van der Waals surface area (Å²) in [6.45, 7) is 0.524. The number of carbonyl (C=O) groups is 1. The molecule has 18 heavy (non-hydrogen) atoms. The highest BCUT2D eigenvalue weighted by Gasteiger charge is 2.13. The molecule has 5 nitrogen and oxygen atoms in total. The largest absolute Gasteiger partial charge is 0.465 e. The Morgan fingerprint density at radius 1 is 1.56 bits per heavy atom. The molecule has 1 aromatic heterocycles. The van der Waals surface area contributed by atoms with E-state index in [1.54, 1.807) is 24.4 Å². The van der Waals surface area contributed by atoms with Gasteiger partial charge in [0.1, 0.15) is 5.01 Å². The van der Waals surface area contributed by atoms with Crippen LogP contribution in [0.4, 0.5) is 11.4 Å². The fourth-order valence-electron chi connectivity index (χ4n) is 1.55. The Labute approximate surface area is 109 Å². The average Bonchev–Trinajstić information content (AvgIpc) is 2.89. The van der Waals surface area contributed by atoms with Crippen molar-refractivity contribution in [3.63, 3.8) is 0 Å². The molecule has 0 saturated carbocycles. The van der Waals surface area contributed by atoms with Crippen LogP contribution in [-0.2, 0) is 11.3 Å². The van der Waals surface area contributed by atoms with Gasteiger partial charge in [-0.2, -0.15) is 0 Å². The minimum atomic E-state index is -0.413. The van der Waals surface area contributed by atoms with Crippen LogP contribution in [-0.4, -0.2) is 18.1 Å². The number of ether oxygens (including phenoxy) is 1. The lowest BCUT2D eigenvalue weighted by Crippen LogP contribution is -2.10. The Hall–Kier alpha value is -2.08. The maximum Gasteiger partial charge on any atom is 0.340 e. The first-order chi connectivity index (χ1) is 8.72. The number of methoxy groups -OCH3 is 1. The van der Waals surface area contributed by atoms with E-state index in [0.717, 1.165) is 5.01 Å². The highest BCUT2D eigenvalue weighted by atomic mass is 32.1. The molecule has 2 rings (SSSR count). The number of nitrogens with two attached hydrogens (primary N) is 1. The number of thiazole rings is 1. The van der Waals surface area contributed by atoms with Crippen molar-refractivity contribution in [1.29, 1.82) is 0 Å². The minimum absolute atomic E-state index is 0.413. The zero-order chi connectivity index (χ0) is 13.0. The lowest BCUT2D eigenvalue weighted by molar-refractivity contribution is 0.0602. The molecule has 0 aliphatic heterocycles. The van der Waals surface area contributed by atoms with Gasteiger partial charge in [0.05, 0.1) is 30.6 Å². The number of carbonyl (C=O) groups excluding carboxylic acids is 1. The van der Waals surface area contributed by atoms with E-state index in [9.17, 15) is 4.79 Å². The van der Waals surface area contributed by atoms with Crippen LogP contribution < -0.4 is 11.1 Å². The fraction of sp³-hybridized carbons (Fsp3) is 0.167. The quantitative estimate of drug-likeness (QED) is 0.652. The summed E-state index contributed by atoms with van der Waals surface area (Å²) in [7, 11) is 1.34. The third-order valence-electron chi connectivity index (χ3n) is 2.40. The maximum absolute atomic E-state index is 11.6. The number of para-hydroxylation sites is 1. The summed E-state index contributed by atoms with van der Waals surface area (Å²) < 4.78 is 4.72. The van der Waals surface area contributed by atoms with Crippen LogP contribution in [0.1, 0.15) is 15.4 Å². The molecule has 94 valence electrons. The molecule has 0 aliphatic carbocycles. The number of nitrogens with zero attached hydrogens (tertiary/aromatic N) is 1. The van der Waals surface area contributed by atoms with Crippen molar-refractivity contribution in [3.8, 4) is 0 Å². The highest BCUT2D eigenvalue weighted by Crippen LogP contribution is 2.25. The van der Waals surface area contributed by atoms with E-state index in [4.69, 9.17) is 10.5 Å². The molecule has 0 unspecified atom stereocenters. The molecule has 0 spiro atoms. The molecule has 1 aromatic carbocycles. The smallest absolute Gasteiger partial charge is 0.340 e. The average molecular weight is 263 g/mol. The second kappa shape index (κ2) is 5.50. The van der Waals surface area contributed by atoms with E-state index in [-0.39, 0.29) is 0 Å². The predicted octanol–water partition coefficient (Wildman–Crippen LogP) is 2.12. The van der Waals surface area contributed by atoms with E-state index in [1.165, 1.54) is 18.4 Å². The van der Waals surface area contributed by atoms with Gasteiger partial charge < -0.3 is 15.8 Å². The van der Waals surface area contributed by atoms with Gasteiger partial charge in [0.2, 0.25) is 0 Å². The van der Waals surface area contributed by atoms with Gasteiger partial charge in [0.25, 0.3) is 0 Å². The summed E-state index contributed by atoms with van der Waals surface area (Å²) in [6, 6.07) is 5.12. The molecule has 0 saturated heterocycles. The number of rotatable bonds is 4. The van der Waals surface area contributed by atoms with Gasteiger partial charge in [-0.3, -0.25) is 0 Å². The van der Waals surface area contributed by atoms with E-state index >= 15 is 0 Å². The SMILES string of the molecule is COC(=O)c1cccc(N)c1NCc1nccs1.